The van der Waals surface area contributed by atoms with Crippen molar-refractivity contribution in [3.8, 4) is 11.5 Å². The molecule has 0 saturated heterocycles. The maximum atomic E-state index is 14.4. The van der Waals surface area contributed by atoms with E-state index in [0.29, 0.717) is 30.2 Å². The first kappa shape index (κ1) is 83.0. The predicted octanol–water partition coefficient (Wildman–Crippen LogP) is 17.0. The van der Waals surface area contributed by atoms with E-state index in [2.05, 4.69) is 18.9 Å². The number of anilines is 2. The van der Waals surface area contributed by atoms with Crippen LogP contribution in [-0.2, 0) is 31.8 Å². The molecule has 0 aromatic heterocycles. The minimum atomic E-state index is -7.86. The van der Waals surface area contributed by atoms with E-state index < -0.39 is 160 Å². The van der Waals surface area contributed by atoms with Crippen molar-refractivity contribution in [3.63, 3.8) is 0 Å². The topological polar surface area (TPSA) is 176 Å². The second-order valence-corrected chi connectivity index (χ2v) is 18.5. The lowest BCUT2D eigenvalue weighted by Gasteiger charge is -2.38. The van der Waals surface area contributed by atoms with Crippen LogP contribution in [0.3, 0.4) is 0 Å². The van der Waals surface area contributed by atoms with E-state index in [4.69, 9.17) is 34.7 Å². The van der Waals surface area contributed by atoms with Crippen molar-refractivity contribution in [2.24, 2.45) is 0 Å². The van der Waals surface area contributed by atoms with Crippen LogP contribution in [0.25, 0.3) is 0 Å². The molecule has 0 amide bonds. The molecule has 4 atom stereocenters. The molecule has 0 spiro atoms. The van der Waals surface area contributed by atoms with Crippen molar-refractivity contribution < 1.29 is 188 Å². The maximum Gasteiger partial charge on any atom is 0.462 e. The van der Waals surface area contributed by atoms with Gasteiger partial charge in [0, 0.05) is 40.0 Å². The highest BCUT2D eigenvalue weighted by Crippen LogP contribution is 2.58. The number of benzene rings is 4. The first-order valence-corrected chi connectivity index (χ1v) is 24.1. The molecular formula is C48H30Cl2F32N2O10. The Morgan fingerprint density at radius 3 is 0.979 bits per heavy atom. The lowest BCUT2D eigenvalue weighted by molar-refractivity contribution is -0.543. The van der Waals surface area contributed by atoms with Gasteiger partial charge < -0.3 is 20.9 Å². The standard InChI is InChI=1S/C26H18F16O5.C16H4Cl2F16O5.C6H8N2/c1-3-13-4-6-14(7-5-13)8-18(44)16-9-15(12(2)43)10-17(11-16)45-20(28,29)19(27)46-26(41,42)22(32,24(36,37)38)47-25(39,40)21(30,31)23(33,34)35;17-7(35)4-1-5(8(18)36)3-6(2-4)37-10(20,21)9(19)38-16(33,34)12(24,14(28,29)30)39-15(31,32)11(22,23)13(25,26)27;7-5-1-2-6(8)4-3-5/h4-7,9-11,19H,3,8H2,1-2H3;1-3,9H;1-4H,7-8H2. The quantitative estimate of drug-likeness (QED) is 0.0278. The van der Waals surface area contributed by atoms with Gasteiger partial charge in [-0.2, -0.15) is 132 Å². The van der Waals surface area contributed by atoms with E-state index in [0.717, 1.165) is 29.9 Å². The molecular weight excluding hydrogens is 1440 g/mol. The molecule has 0 aliphatic heterocycles. The monoisotopic (exact) mass is 1470 g/mol. The third-order valence-corrected chi connectivity index (χ3v) is 11.2. The lowest BCUT2D eigenvalue weighted by atomic mass is 9.99. The third kappa shape index (κ3) is 19.6. The molecule has 0 aliphatic carbocycles. The number of rotatable bonds is 25. The fraction of sp³-hybridized carbons (Fsp3) is 0.417. The van der Waals surface area contributed by atoms with E-state index >= 15 is 0 Å². The lowest BCUT2D eigenvalue weighted by Crippen LogP contribution is -2.66. The number of Topliss-reactive ketones (excluding diaryl/α,β-unsaturated/α-hetero) is 2. The fourth-order valence-electron chi connectivity index (χ4n) is 5.92. The minimum absolute atomic E-state index is 0.121. The van der Waals surface area contributed by atoms with Crippen molar-refractivity contribution >= 4 is 56.6 Å². The zero-order valence-electron chi connectivity index (χ0n) is 44.7. The van der Waals surface area contributed by atoms with Gasteiger partial charge in [0.2, 0.25) is 0 Å². The van der Waals surface area contributed by atoms with Crippen molar-refractivity contribution in [1.82, 2.24) is 0 Å². The van der Waals surface area contributed by atoms with Crippen LogP contribution in [-0.4, -0.2) is 120 Å². The molecule has 0 bridgehead atoms. The van der Waals surface area contributed by atoms with Crippen molar-refractivity contribution in [2.75, 3.05) is 11.5 Å². The van der Waals surface area contributed by atoms with Gasteiger partial charge >= 0.3 is 97.6 Å². The van der Waals surface area contributed by atoms with Crippen molar-refractivity contribution in [1.29, 1.82) is 0 Å². The van der Waals surface area contributed by atoms with Crippen molar-refractivity contribution in [3.05, 3.63) is 118 Å². The SMILES string of the molecule is CCc1ccc(CC(=O)c2cc(OC(F)(F)C(F)OC(F)(F)C(F)(OC(F)(F)C(F)(F)C(F)(F)F)C(F)(F)F)cc(C(C)=O)c2)cc1.Nc1ccc(N)cc1.O=C(Cl)c1cc(OC(F)(F)C(F)OC(F)(F)C(F)(OC(F)(F)C(F)(F)C(F)(F)F)C(F)(F)F)cc(C(=O)Cl)c1. The van der Waals surface area contributed by atoms with Crippen LogP contribution in [0, 0.1) is 0 Å². The molecule has 530 valence electrons. The molecule has 4 aromatic carbocycles. The Hall–Kier alpha value is -7.06. The van der Waals surface area contributed by atoms with Gasteiger partial charge in [0.15, 0.2) is 11.6 Å². The number of nitrogen functional groups attached to an aromatic ring is 2. The molecule has 0 aliphatic rings. The molecule has 4 rings (SSSR count). The van der Waals surface area contributed by atoms with E-state index in [1.165, 1.54) is 21.6 Å². The largest absolute Gasteiger partial charge is 0.462 e. The number of nitrogens with two attached hydrogens (primary N) is 2. The summed E-state index contributed by atoms with van der Waals surface area (Å²) in [5, 5.41) is -3.10. The first-order chi connectivity index (χ1) is 41.8. The molecule has 46 heteroatoms. The van der Waals surface area contributed by atoms with Gasteiger partial charge in [-0.05, 0) is 108 Å². The minimum Gasteiger partial charge on any atom is -0.428 e. The predicted molar refractivity (Wildman–Crippen MR) is 249 cm³/mol. The Bertz CT molecular complexity index is 3240. The zero-order chi connectivity index (χ0) is 73.8. The average Bonchev–Trinajstić information content (AvgIpc) is 0.738. The number of ketones is 2. The van der Waals surface area contributed by atoms with Gasteiger partial charge in [0.25, 0.3) is 10.5 Å². The number of hydrogen-bond acceptors (Lipinski definition) is 12. The number of ether oxygens (including phenoxy) is 6. The number of carbonyl (C=O) groups is 4. The highest BCUT2D eigenvalue weighted by molar-refractivity contribution is 6.69. The Morgan fingerprint density at radius 2 is 0.702 bits per heavy atom. The molecule has 4 unspecified atom stereocenters. The van der Waals surface area contributed by atoms with E-state index in [1.54, 1.807) is 36.4 Å². The van der Waals surface area contributed by atoms with Crippen LogP contribution in [0.15, 0.2) is 84.9 Å². The van der Waals surface area contributed by atoms with Crippen molar-refractivity contribution in [2.45, 2.75) is 124 Å². The Morgan fingerprint density at radius 1 is 0.415 bits per heavy atom. The van der Waals surface area contributed by atoms with Crippen LogP contribution >= 0.6 is 23.2 Å². The molecule has 0 saturated carbocycles. The summed E-state index contributed by atoms with van der Waals surface area (Å²) >= 11 is 9.99. The average molecular weight is 1470 g/mol. The second kappa shape index (κ2) is 28.7. The third-order valence-electron chi connectivity index (χ3n) is 10.7. The second-order valence-electron chi connectivity index (χ2n) is 17.8. The molecule has 0 fully saturated rings. The Balaban J connectivity index is 0.000000577. The van der Waals surface area contributed by atoms with E-state index in [1.807, 2.05) is 6.92 Å². The molecule has 0 radical (unpaired) electrons. The summed E-state index contributed by atoms with van der Waals surface area (Å²) in [4.78, 5) is 46.8. The number of alkyl halides is 32. The highest BCUT2D eigenvalue weighted by atomic mass is 35.5. The van der Waals surface area contributed by atoms with Gasteiger partial charge in [0.1, 0.15) is 11.5 Å². The van der Waals surface area contributed by atoms with E-state index in [9.17, 15) is 160 Å². The molecule has 0 heterocycles. The molecule has 4 aromatic rings. The van der Waals surface area contributed by atoms with Gasteiger partial charge in [-0.1, -0.05) is 31.2 Å². The van der Waals surface area contributed by atoms with Crippen LogP contribution < -0.4 is 20.9 Å². The van der Waals surface area contributed by atoms with Crippen LogP contribution in [0.5, 0.6) is 11.5 Å². The molecule has 4 N–H and O–H groups in total. The summed E-state index contributed by atoms with van der Waals surface area (Å²) in [7, 11) is 0. The summed E-state index contributed by atoms with van der Waals surface area (Å²) in [5.74, 6) is -36.2. The Kier molecular flexibility index (Phi) is 25.4. The number of aryl methyl sites for hydroxylation is 1. The van der Waals surface area contributed by atoms with Crippen LogP contribution in [0.2, 0.25) is 0 Å². The smallest absolute Gasteiger partial charge is 0.428 e. The van der Waals surface area contributed by atoms with Gasteiger partial charge in [0.05, 0.1) is 0 Å². The number of hydrogen-bond donors (Lipinski definition) is 2. The number of halogens is 34. The van der Waals surface area contributed by atoms with Gasteiger partial charge in [-0.3, -0.25) is 38.1 Å². The summed E-state index contributed by atoms with van der Waals surface area (Å²) < 4.78 is 438. The number of carbonyl (C=O) groups excluding carboxylic acids is 4. The highest BCUT2D eigenvalue weighted by Gasteiger charge is 2.86. The maximum absolute atomic E-state index is 14.4. The molecule has 94 heavy (non-hydrogen) atoms. The van der Waals surface area contributed by atoms with E-state index in [-0.39, 0.29) is 12.1 Å². The summed E-state index contributed by atoms with van der Waals surface area (Å²) in [5.41, 5.74) is 10.4. The summed E-state index contributed by atoms with van der Waals surface area (Å²) in [6, 6.07) is 15.6. The fourth-order valence-corrected chi connectivity index (χ4v) is 6.13. The molecule has 12 nitrogen and oxygen atoms in total. The normalized spacial score (nSPS) is 15.4. The van der Waals surface area contributed by atoms with Crippen LogP contribution in [0.1, 0.15) is 66.4 Å². The Labute approximate surface area is 509 Å². The van der Waals surface area contributed by atoms with Gasteiger partial charge in [-0.25, -0.2) is 8.78 Å². The summed E-state index contributed by atoms with van der Waals surface area (Å²) in [6.45, 7) is 2.63. The first-order valence-electron chi connectivity index (χ1n) is 23.3. The van der Waals surface area contributed by atoms with Crippen LogP contribution in [0.4, 0.5) is 152 Å². The zero-order valence-corrected chi connectivity index (χ0v) is 46.3. The summed E-state index contributed by atoms with van der Waals surface area (Å²) in [6.07, 6.45) is -84.2. The van der Waals surface area contributed by atoms with Gasteiger partial charge in [-0.15, -0.1) is 0 Å².